The molecule has 1 aromatic carbocycles. The van der Waals surface area contributed by atoms with Gasteiger partial charge in [-0.3, -0.25) is 9.59 Å². The maximum absolute atomic E-state index is 12.8. The summed E-state index contributed by atoms with van der Waals surface area (Å²) < 4.78 is 43.7. The number of ether oxygens (including phenoxy) is 1. The third kappa shape index (κ3) is 6.64. The van der Waals surface area contributed by atoms with Crippen molar-refractivity contribution in [3.63, 3.8) is 0 Å². The molecule has 1 N–H and O–H groups in total. The summed E-state index contributed by atoms with van der Waals surface area (Å²) in [5.41, 5.74) is -0.764. The van der Waals surface area contributed by atoms with Gasteiger partial charge in [-0.25, -0.2) is 4.98 Å². The number of piperidine rings is 2. The van der Waals surface area contributed by atoms with Crippen LogP contribution >= 0.6 is 0 Å². The van der Waals surface area contributed by atoms with E-state index in [2.05, 4.69) is 10.3 Å². The quantitative estimate of drug-likeness (QED) is 0.671. The Kier molecular flexibility index (Phi) is 7.77. The van der Waals surface area contributed by atoms with E-state index in [0.717, 1.165) is 12.3 Å². The Labute approximate surface area is 202 Å². The number of likely N-dealkylation sites (tertiary alicyclic amines) is 1. The van der Waals surface area contributed by atoms with Crippen LogP contribution in [0.25, 0.3) is 0 Å². The van der Waals surface area contributed by atoms with Gasteiger partial charge in [-0.1, -0.05) is 18.2 Å². The van der Waals surface area contributed by atoms with Crippen LogP contribution in [0.4, 0.5) is 19.0 Å². The first-order valence-electron chi connectivity index (χ1n) is 11.8. The number of aromatic nitrogens is 1. The molecule has 2 fully saturated rings. The fourth-order valence-electron chi connectivity index (χ4n) is 4.46. The van der Waals surface area contributed by atoms with Gasteiger partial charge >= 0.3 is 6.18 Å². The van der Waals surface area contributed by atoms with Gasteiger partial charge < -0.3 is 19.9 Å². The Morgan fingerprint density at radius 1 is 0.971 bits per heavy atom. The van der Waals surface area contributed by atoms with Crippen molar-refractivity contribution >= 4 is 17.6 Å². The number of amides is 2. The summed E-state index contributed by atoms with van der Waals surface area (Å²) in [6.07, 6.45) is -0.935. The highest BCUT2D eigenvalue weighted by molar-refractivity contribution is 5.80. The van der Waals surface area contributed by atoms with Gasteiger partial charge in [0.25, 0.3) is 5.91 Å². The monoisotopic (exact) mass is 490 g/mol. The van der Waals surface area contributed by atoms with Crippen LogP contribution in [0.2, 0.25) is 0 Å². The van der Waals surface area contributed by atoms with Crippen molar-refractivity contribution in [2.24, 2.45) is 5.92 Å². The maximum Gasteiger partial charge on any atom is 0.417 e. The minimum absolute atomic E-state index is 0.00346. The summed E-state index contributed by atoms with van der Waals surface area (Å²) in [5.74, 6) is 0.940. The smallest absolute Gasteiger partial charge is 0.417 e. The molecule has 3 heterocycles. The number of pyridine rings is 1. The van der Waals surface area contributed by atoms with E-state index in [0.29, 0.717) is 63.4 Å². The molecule has 2 amide bonds. The number of nitrogens with one attached hydrogen (secondary N) is 1. The highest BCUT2D eigenvalue weighted by Crippen LogP contribution is 2.30. The first-order chi connectivity index (χ1) is 16.8. The fourth-order valence-corrected chi connectivity index (χ4v) is 4.46. The number of benzene rings is 1. The van der Waals surface area contributed by atoms with Crippen LogP contribution in [-0.2, 0) is 15.8 Å². The Morgan fingerprint density at radius 2 is 1.66 bits per heavy atom. The molecule has 10 heteroatoms. The van der Waals surface area contributed by atoms with E-state index in [9.17, 15) is 22.8 Å². The van der Waals surface area contributed by atoms with E-state index < -0.39 is 11.7 Å². The minimum Gasteiger partial charge on any atom is -0.484 e. The largest absolute Gasteiger partial charge is 0.484 e. The van der Waals surface area contributed by atoms with Crippen molar-refractivity contribution in [1.29, 1.82) is 0 Å². The fraction of sp³-hybridized carbons (Fsp3) is 0.480. The molecule has 1 aromatic heterocycles. The number of para-hydroxylation sites is 1. The van der Waals surface area contributed by atoms with Gasteiger partial charge in [0.05, 0.1) is 5.56 Å². The van der Waals surface area contributed by atoms with Crippen LogP contribution in [-0.4, -0.2) is 60.5 Å². The average molecular weight is 491 g/mol. The molecule has 0 saturated carbocycles. The summed E-state index contributed by atoms with van der Waals surface area (Å²) in [6.45, 7) is 2.24. The van der Waals surface area contributed by atoms with Crippen LogP contribution in [0.1, 0.15) is 31.2 Å². The van der Waals surface area contributed by atoms with Crippen molar-refractivity contribution in [2.75, 3.05) is 37.7 Å². The number of halogens is 3. The van der Waals surface area contributed by atoms with Gasteiger partial charge in [0.1, 0.15) is 11.6 Å². The van der Waals surface area contributed by atoms with Crippen LogP contribution in [0.3, 0.4) is 0 Å². The van der Waals surface area contributed by atoms with Crippen molar-refractivity contribution in [3.05, 3.63) is 54.2 Å². The van der Waals surface area contributed by atoms with Crippen LogP contribution in [0, 0.1) is 5.92 Å². The molecular weight excluding hydrogens is 461 g/mol. The predicted molar refractivity (Wildman–Crippen MR) is 124 cm³/mol. The zero-order valence-electron chi connectivity index (χ0n) is 19.3. The summed E-state index contributed by atoms with van der Waals surface area (Å²) in [5, 5.41) is 3.12. The SMILES string of the molecule is O=C(NC1CCN(c2ccc(C(F)(F)F)cn2)CC1)C1CCN(C(=O)COc2ccccc2)CC1. The Morgan fingerprint density at radius 3 is 2.26 bits per heavy atom. The van der Waals surface area contributed by atoms with Gasteiger partial charge in [-0.2, -0.15) is 13.2 Å². The Hall–Kier alpha value is -3.30. The lowest BCUT2D eigenvalue weighted by Crippen LogP contribution is -2.49. The molecule has 4 rings (SSSR count). The molecule has 0 radical (unpaired) electrons. The van der Waals surface area contributed by atoms with E-state index in [1.54, 1.807) is 17.0 Å². The molecule has 2 aromatic rings. The van der Waals surface area contributed by atoms with Gasteiger partial charge in [-0.05, 0) is 49.9 Å². The van der Waals surface area contributed by atoms with E-state index >= 15 is 0 Å². The maximum atomic E-state index is 12.8. The molecular formula is C25H29F3N4O3. The molecule has 0 bridgehead atoms. The van der Waals surface area contributed by atoms with Crippen molar-refractivity contribution in [1.82, 2.24) is 15.2 Å². The molecule has 35 heavy (non-hydrogen) atoms. The molecule has 7 nitrogen and oxygen atoms in total. The lowest BCUT2D eigenvalue weighted by atomic mass is 9.94. The molecule has 2 aliphatic rings. The summed E-state index contributed by atoms with van der Waals surface area (Å²) in [6, 6.07) is 11.6. The number of nitrogens with zero attached hydrogens (tertiary/aromatic N) is 3. The number of alkyl halides is 3. The highest BCUT2D eigenvalue weighted by Gasteiger charge is 2.32. The average Bonchev–Trinajstić information content (AvgIpc) is 2.88. The molecule has 188 valence electrons. The summed E-state index contributed by atoms with van der Waals surface area (Å²) >= 11 is 0. The molecule has 2 saturated heterocycles. The lowest BCUT2D eigenvalue weighted by Gasteiger charge is -2.35. The molecule has 0 spiro atoms. The van der Waals surface area contributed by atoms with Gasteiger partial charge in [0, 0.05) is 44.3 Å². The van der Waals surface area contributed by atoms with Gasteiger partial charge in [-0.15, -0.1) is 0 Å². The normalized spacial score (nSPS) is 17.8. The number of carbonyl (C=O) groups is 2. The zero-order chi connectivity index (χ0) is 24.8. The van der Waals surface area contributed by atoms with Gasteiger partial charge in [0.2, 0.25) is 5.91 Å². The van der Waals surface area contributed by atoms with Crippen molar-refractivity contribution in [2.45, 2.75) is 37.9 Å². The van der Waals surface area contributed by atoms with Gasteiger partial charge in [0.15, 0.2) is 6.61 Å². The summed E-state index contributed by atoms with van der Waals surface area (Å²) in [7, 11) is 0. The Balaban J connectivity index is 1.17. The standard InChI is InChI=1S/C25H29F3N4O3/c26-25(27,28)19-6-7-22(29-16-19)31-14-10-20(11-15-31)30-24(34)18-8-12-32(13-9-18)23(33)17-35-21-4-2-1-3-5-21/h1-7,16,18,20H,8-15,17H2,(H,30,34). The number of hydrogen-bond acceptors (Lipinski definition) is 5. The number of anilines is 1. The number of carbonyl (C=O) groups excluding carboxylic acids is 2. The van der Waals surface area contributed by atoms with Crippen LogP contribution in [0.15, 0.2) is 48.7 Å². The van der Waals surface area contributed by atoms with E-state index in [4.69, 9.17) is 4.74 Å². The number of rotatable bonds is 6. The third-order valence-electron chi connectivity index (χ3n) is 6.56. The molecule has 0 unspecified atom stereocenters. The lowest BCUT2D eigenvalue weighted by molar-refractivity contribution is -0.138. The first-order valence-corrected chi connectivity index (χ1v) is 11.8. The second-order valence-corrected chi connectivity index (χ2v) is 8.93. The second kappa shape index (κ2) is 11.0. The van der Waals surface area contributed by atoms with E-state index in [1.165, 1.54) is 6.07 Å². The first kappa shape index (κ1) is 24.8. The van der Waals surface area contributed by atoms with E-state index in [-0.39, 0.29) is 30.4 Å². The van der Waals surface area contributed by atoms with E-state index in [1.807, 2.05) is 23.1 Å². The molecule has 2 aliphatic heterocycles. The highest BCUT2D eigenvalue weighted by atomic mass is 19.4. The van der Waals surface area contributed by atoms with Crippen LogP contribution in [0.5, 0.6) is 5.75 Å². The third-order valence-corrected chi connectivity index (χ3v) is 6.56. The molecule has 0 atom stereocenters. The zero-order valence-corrected chi connectivity index (χ0v) is 19.3. The van der Waals surface area contributed by atoms with Crippen molar-refractivity contribution in [3.8, 4) is 5.75 Å². The predicted octanol–water partition coefficient (Wildman–Crippen LogP) is 3.50. The second-order valence-electron chi connectivity index (χ2n) is 8.93. The van der Waals surface area contributed by atoms with Crippen molar-refractivity contribution < 1.29 is 27.5 Å². The van der Waals surface area contributed by atoms with Crippen LogP contribution < -0.4 is 15.0 Å². The topological polar surface area (TPSA) is 74.8 Å². The minimum atomic E-state index is -4.40. The summed E-state index contributed by atoms with van der Waals surface area (Å²) in [4.78, 5) is 32.8. The Bertz CT molecular complexity index is 985. The number of hydrogen-bond donors (Lipinski definition) is 1. The molecule has 0 aliphatic carbocycles.